The van der Waals surface area contributed by atoms with E-state index in [1.165, 1.54) is 4.90 Å². The number of amides is 2. The van der Waals surface area contributed by atoms with Gasteiger partial charge in [-0.25, -0.2) is 0 Å². The summed E-state index contributed by atoms with van der Waals surface area (Å²) in [6.45, 7) is 4.53. The molecule has 1 aliphatic heterocycles. The van der Waals surface area contributed by atoms with Crippen LogP contribution in [-0.4, -0.2) is 40.1 Å². The minimum atomic E-state index is -0.226. The summed E-state index contributed by atoms with van der Waals surface area (Å²) in [6.07, 6.45) is 0.579. The van der Waals surface area contributed by atoms with E-state index in [4.69, 9.17) is 4.74 Å². The van der Waals surface area contributed by atoms with E-state index in [1.54, 1.807) is 24.3 Å². The molecule has 0 atom stereocenters. The third-order valence-corrected chi connectivity index (χ3v) is 3.71. The molecule has 3 rings (SSSR count). The predicted octanol–water partition coefficient (Wildman–Crippen LogP) is 2.09. The number of rotatable bonds is 5. The molecule has 1 aliphatic rings. The van der Waals surface area contributed by atoms with Crippen molar-refractivity contribution in [1.29, 1.82) is 0 Å². The van der Waals surface area contributed by atoms with Crippen molar-refractivity contribution in [3.8, 4) is 5.75 Å². The first-order chi connectivity index (χ1) is 10.6. The number of hydrogen-bond acceptors (Lipinski definition) is 4. The van der Waals surface area contributed by atoms with Gasteiger partial charge in [-0.1, -0.05) is 12.1 Å². The van der Waals surface area contributed by atoms with E-state index in [2.05, 4.69) is 10.2 Å². The van der Waals surface area contributed by atoms with Gasteiger partial charge in [-0.3, -0.25) is 19.6 Å². The molecule has 0 bridgehead atoms. The molecule has 1 aromatic carbocycles. The minimum Gasteiger partial charge on any atom is -0.490 e. The number of aromatic amines is 1. The van der Waals surface area contributed by atoms with Crippen molar-refractivity contribution in [3.05, 3.63) is 46.8 Å². The molecule has 0 saturated carbocycles. The highest BCUT2D eigenvalue weighted by Gasteiger charge is 2.34. The lowest BCUT2D eigenvalue weighted by Crippen LogP contribution is -2.31. The van der Waals surface area contributed by atoms with Gasteiger partial charge in [0.1, 0.15) is 5.69 Å². The van der Waals surface area contributed by atoms with Crippen LogP contribution in [-0.2, 0) is 0 Å². The Balaban J connectivity index is 1.57. The van der Waals surface area contributed by atoms with Crippen LogP contribution in [0.1, 0.15) is 38.5 Å². The lowest BCUT2D eigenvalue weighted by Gasteiger charge is -2.14. The number of benzene rings is 1. The summed E-state index contributed by atoms with van der Waals surface area (Å²) in [5.74, 6) is 0.287. The number of aryl methyl sites for hydroxylation is 2. The van der Waals surface area contributed by atoms with Crippen molar-refractivity contribution in [2.75, 3.05) is 13.2 Å². The first-order valence-corrected chi connectivity index (χ1v) is 7.19. The largest absolute Gasteiger partial charge is 0.490 e. The smallest absolute Gasteiger partial charge is 0.261 e. The zero-order valence-electron chi connectivity index (χ0n) is 12.5. The Morgan fingerprint density at radius 1 is 1.14 bits per heavy atom. The number of H-pyrrole nitrogens is 1. The van der Waals surface area contributed by atoms with Crippen LogP contribution >= 0.6 is 0 Å². The van der Waals surface area contributed by atoms with Gasteiger partial charge in [-0.05, 0) is 32.4 Å². The van der Waals surface area contributed by atoms with Crippen molar-refractivity contribution in [2.24, 2.45) is 0 Å². The molecule has 2 heterocycles. The lowest BCUT2D eigenvalue weighted by atomic mass is 10.1. The molecule has 0 fully saturated rings. The lowest BCUT2D eigenvalue weighted by molar-refractivity contribution is 0.0646. The fourth-order valence-corrected chi connectivity index (χ4v) is 2.59. The number of carbonyl (C=O) groups is 2. The third-order valence-electron chi connectivity index (χ3n) is 3.71. The van der Waals surface area contributed by atoms with Gasteiger partial charge in [0.05, 0.1) is 23.4 Å². The van der Waals surface area contributed by atoms with Crippen LogP contribution in [0.25, 0.3) is 0 Å². The van der Waals surface area contributed by atoms with Crippen LogP contribution in [0.15, 0.2) is 24.3 Å². The van der Waals surface area contributed by atoms with Gasteiger partial charge in [0.15, 0.2) is 5.75 Å². The number of fused-ring (bicyclic) bond motifs is 1. The number of ether oxygens (including phenoxy) is 1. The maximum Gasteiger partial charge on any atom is 0.261 e. The summed E-state index contributed by atoms with van der Waals surface area (Å²) in [6, 6.07) is 6.90. The second kappa shape index (κ2) is 5.63. The van der Waals surface area contributed by atoms with Crippen LogP contribution < -0.4 is 4.74 Å². The van der Waals surface area contributed by atoms with E-state index in [-0.39, 0.29) is 11.8 Å². The van der Waals surface area contributed by atoms with E-state index in [1.807, 2.05) is 13.8 Å². The molecular weight excluding hydrogens is 282 g/mol. The summed E-state index contributed by atoms with van der Waals surface area (Å²) in [5, 5.41) is 6.91. The number of hydrogen-bond donors (Lipinski definition) is 1. The molecule has 0 saturated heterocycles. The SMILES string of the molecule is Cc1n[nH]c(C)c1OCCCN1C(=O)c2ccccc2C1=O. The predicted molar refractivity (Wildman–Crippen MR) is 80.0 cm³/mol. The average molecular weight is 299 g/mol. The zero-order valence-corrected chi connectivity index (χ0v) is 12.5. The van der Waals surface area contributed by atoms with Crippen LogP contribution in [0.4, 0.5) is 0 Å². The van der Waals surface area contributed by atoms with Crippen LogP contribution in [0.5, 0.6) is 5.75 Å². The summed E-state index contributed by atoms with van der Waals surface area (Å²) >= 11 is 0. The molecular formula is C16H17N3O3. The maximum absolute atomic E-state index is 12.2. The quantitative estimate of drug-likeness (QED) is 0.677. The standard InChI is InChI=1S/C16H17N3O3/c1-10-14(11(2)18-17-10)22-9-5-8-19-15(20)12-6-3-4-7-13(12)16(19)21/h3-4,6-7H,5,8-9H2,1-2H3,(H,17,18). The third kappa shape index (κ3) is 2.36. The van der Waals surface area contributed by atoms with Crippen LogP contribution in [0.2, 0.25) is 0 Å². The zero-order chi connectivity index (χ0) is 15.7. The molecule has 6 heteroatoms. The van der Waals surface area contributed by atoms with Crippen molar-refractivity contribution < 1.29 is 14.3 Å². The molecule has 0 spiro atoms. The Hall–Kier alpha value is -2.63. The van der Waals surface area contributed by atoms with Crippen molar-refractivity contribution in [1.82, 2.24) is 15.1 Å². The second-order valence-electron chi connectivity index (χ2n) is 5.27. The molecule has 1 aromatic heterocycles. The Labute approximate surface area is 128 Å². The van der Waals surface area contributed by atoms with Gasteiger partial charge < -0.3 is 4.74 Å². The first-order valence-electron chi connectivity index (χ1n) is 7.19. The van der Waals surface area contributed by atoms with Gasteiger partial charge >= 0.3 is 0 Å². The van der Waals surface area contributed by atoms with E-state index in [0.717, 1.165) is 17.1 Å². The molecule has 22 heavy (non-hydrogen) atoms. The number of carbonyl (C=O) groups excluding carboxylic acids is 2. The Bertz CT molecular complexity index is 681. The summed E-state index contributed by atoms with van der Waals surface area (Å²) < 4.78 is 5.67. The van der Waals surface area contributed by atoms with Gasteiger partial charge in [0, 0.05) is 6.54 Å². The number of aromatic nitrogens is 2. The van der Waals surface area contributed by atoms with Crippen LogP contribution in [0, 0.1) is 13.8 Å². The molecule has 2 aromatic rings. The van der Waals surface area contributed by atoms with Gasteiger partial charge in [0.25, 0.3) is 11.8 Å². The molecule has 0 aliphatic carbocycles. The Morgan fingerprint density at radius 2 is 1.77 bits per heavy atom. The van der Waals surface area contributed by atoms with Gasteiger partial charge in [-0.15, -0.1) is 0 Å². The fraction of sp³-hybridized carbons (Fsp3) is 0.312. The summed E-state index contributed by atoms with van der Waals surface area (Å²) in [4.78, 5) is 25.7. The molecule has 2 amide bonds. The van der Waals surface area contributed by atoms with E-state index >= 15 is 0 Å². The molecule has 114 valence electrons. The Kier molecular flexibility index (Phi) is 3.66. The van der Waals surface area contributed by atoms with Crippen molar-refractivity contribution >= 4 is 11.8 Å². The average Bonchev–Trinajstić information content (AvgIpc) is 2.96. The molecule has 0 radical (unpaired) electrons. The second-order valence-corrected chi connectivity index (χ2v) is 5.27. The van der Waals surface area contributed by atoms with Crippen molar-refractivity contribution in [2.45, 2.75) is 20.3 Å². The normalized spacial score (nSPS) is 13.6. The highest BCUT2D eigenvalue weighted by atomic mass is 16.5. The molecule has 0 unspecified atom stereocenters. The summed E-state index contributed by atoms with van der Waals surface area (Å²) in [5.41, 5.74) is 2.64. The molecule has 6 nitrogen and oxygen atoms in total. The van der Waals surface area contributed by atoms with Crippen LogP contribution in [0.3, 0.4) is 0 Å². The topological polar surface area (TPSA) is 75.3 Å². The van der Waals surface area contributed by atoms with Gasteiger partial charge in [0.2, 0.25) is 0 Å². The van der Waals surface area contributed by atoms with Crippen molar-refractivity contribution in [3.63, 3.8) is 0 Å². The van der Waals surface area contributed by atoms with Gasteiger partial charge in [-0.2, -0.15) is 5.10 Å². The van der Waals surface area contributed by atoms with E-state index in [0.29, 0.717) is 30.7 Å². The fourth-order valence-electron chi connectivity index (χ4n) is 2.59. The monoisotopic (exact) mass is 299 g/mol. The number of nitrogens with one attached hydrogen (secondary N) is 1. The Morgan fingerprint density at radius 3 is 2.32 bits per heavy atom. The number of nitrogens with zero attached hydrogens (tertiary/aromatic N) is 2. The maximum atomic E-state index is 12.2. The highest BCUT2D eigenvalue weighted by Crippen LogP contribution is 2.23. The highest BCUT2D eigenvalue weighted by molar-refractivity contribution is 6.21. The van der Waals surface area contributed by atoms with E-state index < -0.39 is 0 Å². The number of imide groups is 1. The first kappa shape index (κ1) is 14.3. The minimum absolute atomic E-state index is 0.226. The summed E-state index contributed by atoms with van der Waals surface area (Å²) in [7, 11) is 0. The van der Waals surface area contributed by atoms with E-state index in [9.17, 15) is 9.59 Å². The molecule has 1 N–H and O–H groups in total.